The molecule has 0 heterocycles. The number of ether oxygens (including phenoxy) is 1. The minimum absolute atomic E-state index is 0.156. The van der Waals surface area contributed by atoms with Crippen molar-refractivity contribution in [2.75, 3.05) is 12.8 Å². The van der Waals surface area contributed by atoms with E-state index in [1.165, 1.54) is 4.90 Å². The smallest absolute Gasteiger partial charge is 0.410 e. The van der Waals surface area contributed by atoms with Crippen LogP contribution >= 0.6 is 10.7 Å². The third kappa shape index (κ3) is 4.85. The summed E-state index contributed by atoms with van der Waals surface area (Å²) in [6.07, 6.45) is 1.55. The molecule has 0 aromatic heterocycles. The summed E-state index contributed by atoms with van der Waals surface area (Å²) in [4.78, 5) is 13.8. The van der Waals surface area contributed by atoms with Crippen LogP contribution in [0.3, 0.4) is 0 Å². The monoisotopic (exact) mass is 359 g/mol. The van der Waals surface area contributed by atoms with Gasteiger partial charge < -0.3 is 9.64 Å². The first-order valence-corrected chi connectivity index (χ1v) is 10.1. The summed E-state index contributed by atoms with van der Waals surface area (Å²) in [7, 11) is 3.34. The quantitative estimate of drug-likeness (QED) is 0.756. The van der Waals surface area contributed by atoms with E-state index in [9.17, 15) is 13.2 Å². The molecular formula is C16H22ClNO4S. The molecule has 0 spiro atoms. The Bertz CT molecular complexity index is 649. The van der Waals surface area contributed by atoms with Crippen LogP contribution in [0.2, 0.25) is 0 Å². The second-order valence-corrected chi connectivity index (χ2v) is 9.13. The number of rotatable bonds is 5. The highest BCUT2D eigenvalue weighted by atomic mass is 35.7. The van der Waals surface area contributed by atoms with Crippen molar-refractivity contribution >= 4 is 25.8 Å². The van der Waals surface area contributed by atoms with Crippen molar-refractivity contribution in [1.82, 2.24) is 4.90 Å². The normalized spacial score (nSPS) is 24.4. The summed E-state index contributed by atoms with van der Waals surface area (Å²) in [5, 5.41) is 0. The fourth-order valence-electron chi connectivity index (χ4n) is 3.23. The molecule has 0 N–H and O–H groups in total. The average Bonchev–Trinajstić information content (AvgIpc) is 2.85. The van der Waals surface area contributed by atoms with Crippen molar-refractivity contribution in [2.24, 2.45) is 5.92 Å². The number of carbonyl (C=O) groups is 1. The molecule has 2 unspecified atom stereocenters. The lowest BCUT2D eigenvalue weighted by molar-refractivity contribution is 0.0668. The van der Waals surface area contributed by atoms with Crippen LogP contribution in [0.1, 0.15) is 31.7 Å². The Morgan fingerprint density at radius 1 is 1.39 bits per heavy atom. The maximum absolute atomic E-state index is 12.4. The van der Waals surface area contributed by atoms with Gasteiger partial charge in [0.2, 0.25) is 9.05 Å². The van der Waals surface area contributed by atoms with E-state index in [-0.39, 0.29) is 12.4 Å². The third-order valence-corrected chi connectivity index (χ3v) is 5.67. The second kappa shape index (κ2) is 7.09. The van der Waals surface area contributed by atoms with Crippen LogP contribution in [-0.2, 0) is 20.4 Å². The molecule has 1 saturated carbocycles. The summed E-state index contributed by atoms with van der Waals surface area (Å²) >= 11 is 0. The van der Waals surface area contributed by atoms with Crippen LogP contribution in [0.15, 0.2) is 30.3 Å². The van der Waals surface area contributed by atoms with Gasteiger partial charge in [0, 0.05) is 17.7 Å². The molecule has 1 aliphatic rings. The van der Waals surface area contributed by atoms with Crippen molar-refractivity contribution in [3.63, 3.8) is 0 Å². The first-order chi connectivity index (χ1) is 10.7. The van der Waals surface area contributed by atoms with Gasteiger partial charge in [0.15, 0.2) is 0 Å². The molecular weight excluding hydrogens is 338 g/mol. The van der Waals surface area contributed by atoms with Crippen LogP contribution in [0.25, 0.3) is 0 Å². The Balaban J connectivity index is 2.07. The fraction of sp³-hybridized carbons (Fsp3) is 0.562. The van der Waals surface area contributed by atoms with E-state index in [2.05, 4.69) is 0 Å². The van der Waals surface area contributed by atoms with Gasteiger partial charge in [-0.2, -0.15) is 0 Å². The molecule has 1 aliphatic carbocycles. The topological polar surface area (TPSA) is 63.7 Å². The first kappa shape index (κ1) is 18.1. The van der Waals surface area contributed by atoms with Crippen molar-refractivity contribution in [3.8, 4) is 0 Å². The van der Waals surface area contributed by atoms with Gasteiger partial charge in [-0.05, 0) is 30.7 Å². The van der Waals surface area contributed by atoms with Gasteiger partial charge in [-0.15, -0.1) is 0 Å². The van der Waals surface area contributed by atoms with Gasteiger partial charge in [0.25, 0.3) is 0 Å². The highest BCUT2D eigenvalue weighted by Gasteiger charge is 2.46. The van der Waals surface area contributed by atoms with E-state index in [0.29, 0.717) is 18.8 Å². The van der Waals surface area contributed by atoms with E-state index >= 15 is 0 Å². The van der Waals surface area contributed by atoms with Crippen LogP contribution in [0.5, 0.6) is 0 Å². The highest BCUT2D eigenvalue weighted by Crippen LogP contribution is 2.40. The number of amides is 1. The minimum Gasteiger partial charge on any atom is -0.445 e. The number of hydrogen-bond acceptors (Lipinski definition) is 4. The van der Waals surface area contributed by atoms with E-state index < -0.39 is 20.7 Å². The van der Waals surface area contributed by atoms with Crippen molar-refractivity contribution < 1.29 is 17.9 Å². The second-order valence-electron chi connectivity index (χ2n) is 6.35. The zero-order chi connectivity index (χ0) is 17.1. The number of halogens is 1. The van der Waals surface area contributed by atoms with Crippen molar-refractivity contribution in [1.29, 1.82) is 0 Å². The summed E-state index contributed by atoms with van der Waals surface area (Å²) in [6, 6.07) is 9.35. The highest BCUT2D eigenvalue weighted by molar-refractivity contribution is 8.13. The largest absolute Gasteiger partial charge is 0.445 e. The molecule has 1 aromatic rings. The maximum atomic E-state index is 12.4. The van der Waals surface area contributed by atoms with Crippen LogP contribution in [-0.4, -0.2) is 37.8 Å². The Morgan fingerprint density at radius 2 is 2.04 bits per heavy atom. The first-order valence-electron chi connectivity index (χ1n) is 7.59. The van der Waals surface area contributed by atoms with E-state index in [0.717, 1.165) is 12.0 Å². The van der Waals surface area contributed by atoms with Crippen molar-refractivity contribution in [3.05, 3.63) is 35.9 Å². The summed E-state index contributed by atoms with van der Waals surface area (Å²) < 4.78 is 28.5. The molecule has 0 radical (unpaired) electrons. The van der Waals surface area contributed by atoms with Gasteiger partial charge in [0.05, 0.1) is 11.3 Å². The Hall–Kier alpha value is -1.27. The van der Waals surface area contributed by atoms with E-state index in [1.807, 2.05) is 37.3 Å². The molecule has 0 aliphatic heterocycles. The molecule has 2 rings (SSSR count). The summed E-state index contributed by atoms with van der Waals surface area (Å²) in [6.45, 7) is 2.20. The van der Waals surface area contributed by atoms with Gasteiger partial charge in [-0.3, -0.25) is 0 Å². The molecule has 1 fully saturated rings. The minimum atomic E-state index is -3.71. The predicted molar refractivity (Wildman–Crippen MR) is 89.8 cm³/mol. The number of nitrogens with zero attached hydrogens (tertiary/aromatic N) is 1. The zero-order valence-electron chi connectivity index (χ0n) is 13.4. The molecule has 2 atom stereocenters. The molecule has 128 valence electrons. The fourth-order valence-corrected chi connectivity index (χ4v) is 4.94. The van der Waals surface area contributed by atoms with Crippen LogP contribution in [0, 0.1) is 5.92 Å². The van der Waals surface area contributed by atoms with Gasteiger partial charge in [-0.1, -0.05) is 37.3 Å². The molecule has 23 heavy (non-hydrogen) atoms. The lowest BCUT2D eigenvalue weighted by atomic mass is 9.97. The number of benzene rings is 1. The number of hydrogen-bond donors (Lipinski definition) is 0. The standard InChI is InChI=1S/C16H22ClNO4S/c1-13-8-9-16(10-13,12-23(17,20)21)18(2)15(19)22-11-14-6-4-3-5-7-14/h3-7,13H,8-12H2,1-2H3. The van der Waals surface area contributed by atoms with Gasteiger partial charge >= 0.3 is 6.09 Å². The molecule has 0 saturated heterocycles. The zero-order valence-corrected chi connectivity index (χ0v) is 14.9. The molecule has 0 bridgehead atoms. The SMILES string of the molecule is CC1CCC(CS(=O)(=O)Cl)(N(C)C(=O)OCc2ccccc2)C1. The van der Waals surface area contributed by atoms with Gasteiger partial charge in [-0.25, -0.2) is 13.2 Å². The molecule has 1 amide bonds. The lowest BCUT2D eigenvalue weighted by Gasteiger charge is -2.37. The Kier molecular flexibility index (Phi) is 5.57. The predicted octanol–water partition coefficient (Wildman–Crippen LogP) is 3.38. The molecule has 1 aromatic carbocycles. The van der Waals surface area contributed by atoms with E-state index in [1.54, 1.807) is 7.05 Å². The van der Waals surface area contributed by atoms with E-state index in [4.69, 9.17) is 15.4 Å². The average molecular weight is 360 g/mol. The maximum Gasteiger partial charge on any atom is 0.410 e. The Morgan fingerprint density at radius 3 is 2.57 bits per heavy atom. The summed E-state index contributed by atoms with van der Waals surface area (Å²) in [5.74, 6) is 0.0980. The van der Waals surface area contributed by atoms with Crippen LogP contribution in [0.4, 0.5) is 4.79 Å². The molecule has 7 heteroatoms. The van der Waals surface area contributed by atoms with Gasteiger partial charge in [0.1, 0.15) is 6.61 Å². The lowest BCUT2D eigenvalue weighted by Crippen LogP contribution is -2.52. The van der Waals surface area contributed by atoms with Crippen LogP contribution < -0.4 is 0 Å². The number of carbonyl (C=O) groups excluding carboxylic acids is 1. The Labute approximate surface area is 142 Å². The van der Waals surface area contributed by atoms with Crippen molar-refractivity contribution in [2.45, 2.75) is 38.3 Å². The summed E-state index contributed by atoms with van der Waals surface area (Å²) in [5.41, 5.74) is 0.0985. The third-order valence-electron chi connectivity index (χ3n) is 4.46. The molecule has 5 nitrogen and oxygen atoms in total.